The summed E-state index contributed by atoms with van der Waals surface area (Å²) in [6, 6.07) is 15.3. The second kappa shape index (κ2) is 10.8. The number of hydrogen-bond donors (Lipinski definition) is 4. The van der Waals surface area contributed by atoms with E-state index in [1.165, 1.54) is 12.7 Å². The van der Waals surface area contributed by atoms with E-state index in [0.29, 0.717) is 12.0 Å². The van der Waals surface area contributed by atoms with Crippen molar-refractivity contribution in [1.29, 1.82) is 5.41 Å². The molecule has 2 aromatic rings. The number of benzene rings is 2. The van der Waals surface area contributed by atoms with Crippen LogP contribution in [0.25, 0.3) is 0 Å². The molecule has 0 aromatic heterocycles. The number of aliphatic imine (C=N–C) groups is 1. The molecule has 1 atom stereocenters. The molecule has 154 valence electrons. The third kappa shape index (κ3) is 7.29. The monoisotopic (exact) mass is 395 g/mol. The Kier molecular flexibility index (Phi) is 8.21. The number of aryl methyl sites for hydroxylation is 1. The summed E-state index contributed by atoms with van der Waals surface area (Å²) in [4.78, 5) is 15.9. The molecule has 7 nitrogen and oxygen atoms in total. The molecule has 0 heterocycles. The van der Waals surface area contributed by atoms with E-state index in [-0.39, 0.29) is 23.7 Å². The molecule has 0 bridgehead atoms. The molecule has 0 spiro atoms. The van der Waals surface area contributed by atoms with Crippen molar-refractivity contribution in [3.63, 3.8) is 0 Å². The lowest BCUT2D eigenvalue weighted by molar-refractivity contribution is -0.141. The molecule has 0 aliphatic carbocycles. The van der Waals surface area contributed by atoms with Crippen LogP contribution in [0.5, 0.6) is 0 Å². The average molecular weight is 396 g/mol. The molecule has 0 radical (unpaired) electrons. The summed E-state index contributed by atoms with van der Waals surface area (Å²) < 4.78 is 4.86. The number of hydrogen-bond acceptors (Lipinski definition) is 4. The number of nitrogen functional groups attached to an aromatic ring is 1. The summed E-state index contributed by atoms with van der Waals surface area (Å²) in [6.07, 6.45) is 4.04. The number of unbranched alkanes of at least 4 members (excludes halogenated alkanes) is 1. The number of rotatable bonds is 10. The summed E-state index contributed by atoms with van der Waals surface area (Å²) in [5, 5.41) is 7.63. The second-order valence-corrected chi connectivity index (χ2v) is 6.97. The van der Waals surface area contributed by atoms with Gasteiger partial charge >= 0.3 is 5.97 Å². The van der Waals surface area contributed by atoms with Gasteiger partial charge in [0.1, 0.15) is 5.84 Å². The standard InChI is InChI=1S/C22H29N5O2/c1-29-20(28)14-17(16-7-4-8-18(13-16)21(23)24)6-3-2-5-15-9-11-19(12-10-15)27-22(25)26/h4,7-13,17H,2-3,5-6,14H2,1H3,(H3,23,24)(H4,25,26,27)/t17-/m0/s1. The van der Waals surface area contributed by atoms with Gasteiger partial charge < -0.3 is 21.9 Å². The number of ether oxygens (including phenoxy) is 1. The average Bonchev–Trinajstić information content (AvgIpc) is 2.71. The first-order valence-electron chi connectivity index (χ1n) is 9.58. The summed E-state index contributed by atoms with van der Waals surface area (Å²) in [5.74, 6) is -0.138. The van der Waals surface area contributed by atoms with Crippen molar-refractivity contribution < 1.29 is 9.53 Å². The van der Waals surface area contributed by atoms with Gasteiger partial charge in [-0.25, -0.2) is 4.99 Å². The van der Waals surface area contributed by atoms with Gasteiger partial charge in [-0.05, 0) is 54.5 Å². The highest BCUT2D eigenvalue weighted by atomic mass is 16.5. The smallest absolute Gasteiger partial charge is 0.306 e. The minimum absolute atomic E-state index is 0.0211. The number of guanidine groups is 1. The highest BCUT2D eigenvalue weighted by molar-refractivity contribution is 5.95. The van der Waals surface area contributed by atoms with Gasteiger partial charge in [0.05, 0.1) is 19.2 Å². The summed E-state index contributed by atoms with van der Waals surface area (Å²) in [6.45, 7) is 0. The Morgan fingerprint density at radius 3 is 2.45 bits per heavy atom. The normalized spacial score (nSPS) is 11.5. The van der Waals surface area contributed by atoms with Crippen LogP contribution in [0.3, 0.4) is 0 Å². The lowest BCUT2D eigenvalue weighted by Gasteiger charge is -2.17. The van der Waals surface area contributed by atoms with Crippen LogP contribution in [0.15, 0.2) is 53.5 Å². The Hall–Kier alpha value is -3.35. The van der Waals surface area contributed by atoms with E-state index >= 15 is 0 Å². The molecule has 0 fully saturated rings. The van der Waals surface area contributed by atoms with Crippen molar-refractivity contribution in [2.24, 2.45) is 22.2 Å². The highest BCUT2D eigenvalue weighted by Crippen LogP contribution is 2.27. The maximum absolute atomic E-state index is 11.9. The van der Waals surface area contributed by atoms with E-state index in [1.54, 1.807) is 6.07 Å². The summed E-state index contributed by atoms with van der Waals surface area (Å²) in [7, 11) is 1.40. The Bertz CT molecular complexity index is 858. The Balaban J connectivity index is 1.96. The highest BCUT2D eigenvalue weighted by Gasteiger charge is 2.17. The van der Waals surface area contributed by atoms with Crippen LogP contribution in [0.2, 0.25) is 0 Å². The summed E-state index contributed by atoms with van der Waals surface area (Å²) in [5.41, 5.74) is 20.0. The largest absolute Gasteiger partial charge is 0.469 e. The number of nitrogens with two attached hydrogens (primary N) is 3. The Labute approximate surface area is 171 Å². The first kappa shape index (κ1) is 21.9. The zero-order valence-corrected chi connectivity index (χ0v) is 16.7. The molecule has 0 aliphatic rings. The predicted octanol–water partition coefficient (Wildman–Crippen LogP) is 2.94. The van der Waals surface area contributed by atoms with E-state index in [1.807, 2.05) is 42.5 Å². The first-order chi connectivity index (χ1) is 13.9. The van der Waals surface area contributed by atoms with Crippen molar-refractivity contribution in [3.8, 4) is 0 Å². The number of amidine groups is 1. The van der Waals surface area contributed by atoms with Gasteiger partial charge in [-0.15, -0.1) is 0 Å². The van der Waals surface area contributed by atoms with Crippen LogP contribution in [-0.2, 0) is 16.0 Å². The van der Waals surface area contributed by atoms with E-state index in [4.69, 9.17) is 27.3 Å². The molecule has 2 rings (SSSR count). The van der Waals surface area contributed by atoms with Gasteiger partial charge in [0.2, 0.25) is 0 Å². The topological polar surface area (TPSA) is 141 Å². The number of methoxy groups -OCH3 is 1. The van der Waals surface area contributed by atoms with Crippen LogP contribution < -0.4 is 17.2 Å². The third-order valence-electron chi connectivity index (χ3n) is 4.77. The lowest BCUT2D eigenvalue weighted by Crippen LogP contribution is -2.21. The first-order valence-corrected chi connectivity index (χ1v) is 9.58. The zero-order valence-electron chi connectivity index (χ0n) is 16.7. The fraction of sp³-hybridized carbons (Fsp3) is 0.318. The van der Waals surface area contributed by atoms with E-state index < -0.39 is 0 Å². The Morgan fingerprint density at radius 2 is 1.83 bits per heavy atom. The molecule has 7 heteroatoms. The van der Waals surface area contributed by atoms with Crippen LogP contribution in [-0.4, -0.2) is 24.9 Å². The lowest BCUT2D eigenvalue weighted by atomic mass is 9.89. The molecular weight excluding hydrogens is 366 g/mol. The third-order valence-corrected chi connectivity index (χ3v) is 4.77. The van der Waals surface area contributed by atoms with Crippen LogP contribution in [0.4, 0.5) is 5.69 Å². The van der Waals surface area contributed by atoms with Gasteiger partial charge in [0.25, 0.3) is 0 Å². The fourth-order valence-corrected chi connectivity index (χ4v) is 3.24. The van der Waals surface area contributed by atoms with Crippen LogP contribution in [0, 0.1) is 5.41 Å². The van der Waals surface area contributed by atoms with Gasteiger partial charge in [-0.2, -0.15) is 0 Å². The second-order valence-electron chi connectivity index (χ2n) is 6.97. The number of carbonyl (C=O) groups excluding carboxylic acids is 1. The van der Waals surface area contributed by atoms with Gasteiger partial charge in [-0.3, -0.25) is 10.2 Å². The van der Waals surface area contributed by atoms with Crippen molar-refractivity contribution in [3.05, 3.63) is 65.2 Å². The zero-order chi connectivity index (χ0) is 21.2. The maximum atomic E-state index is 11.9. The molecule has 0 amide bonds. The quantitative estimate of drug-likeness (QED) is 0.212. The molecule has 29 heavy (non-hydrogen) atoms. The van der Waals surface area contributed by atoms with Crippen molar-refractivity contribution in [1.82, 2.24) is 0 Å². The predicted molar refractivity (Wildman–Crippen MR) is 116 cm³/mol. The van der Waals surface area contributed by atoms with Crippen molar-refractivity contribution in [2.45, 2.75) is 38.0 Å². The molecular formula is C22H29N5O2. The van der Waals surface area contributed by atoms with E-state index in [2.05, 4.69) is 4.99 Å². The SMILES string of the molecule is COC(=O)C[C@H](CCCCc1ccc(N=C(N)N)cc1)c1cccc(C(=N)N)c1. The molecule has 0 saturated carbocycles. The number of nitrogens with zero attached hydrogens (tertiary/aromatic N) is 1. The number of esters is 1. The summed E-state index contributed by atoms with van der Waals surface area (Å²) >= 11 is 0. The Morgan fingerprint density at radius 1 is 1.10 bits per heavy atom. The minimum atomic E-state index is -0.237. The number of nitrogens with one attached hydrogen (secondary N) is 1. The van der Waals surface area contributed by atoms with Gasteiger partial charge in [0.15, 0.2) is 5.96 Å². The van der Waals surface area contributed by atoms with Crippen LogP contribution in [0.1, 0.15) is 48.3 Å². The van der Waals surface area contributed by atoms with Crippen molar-refractivity contribution in [2.75, 3.05) is 7.11 Å². The molecule has 7 N–H and O–H groups in total. The number of carbonyl (C=O) groups is 1. The van der Waals surface area contributed by atoms with E-state index in [0.717, 1.165) is 36.9 Å². The van der Waals surface area contributed by atoms with Crippen LogP contribution >= 0.6 is 0 Å². The van der Waals surface area contributed by atoms with Crippen molar-refractivity contribution >= 4 is 23.5 Å². The molecule has 2 aromatic carbocycles. The maximum Gasteiger partial charge on any atom is 0.306 e. The van der Waals surface area contributed by atoms with E-state index in [9.17, 15) is 4.79 Å². The van der Waals surface area contributed by atoms with Gasteiger partial charge in [-0.1, -0.05) is 36.8 Å². The molecule has 0 saturated heterocycles. The fourth-order valence-electron chi connectivity index (χ4n) is 3.24. The minimum Gasteiger partial charge on any atom is -0.469 e. The van der Waals surface area contributed by atoms with Gasteiger partial charge in [0, 0.05) is 5.56 Å². The molecule has 0 unspecified atom stereocenters. The molecule has 0 aliphatic heterocycles.